The Morgan fingerprint density at radius 1 is 1.15 bits per heavy atom. The minimum atomic E-state index is -0.785. The zero-order chi connectivity index (χ0) is 18.1. The van der Waals surface area contributed by atoms with Crippen molar-refractivity contribution in [1.29, 1.82) is 0 Å². The summed E-state index contributed by atoms with van der Waals surface area (Å²) >= 11 is 0. The molecule has 0 spiro atoms. The van der Waals surface area contributed by atoms with Crippen LogP contribution in [0.15, 0.2) is 47.3 Å². The van der Waals surface area contributed by atoms with E-state index in [1.54, 1.807) is 16.2 Å². The number of fused-ring (bicyclic) bond motifs is 2. The number of imidazole rings is 1. The minimum absolute atomic E-state index is 0.129. The van der Waals surface area contributed by atoms with Gasteiger partial charge in [-0.3, -0.25) is 9.13 Å². The van der Waals surface area contributed by atoms with Gasteiger partial charge >= 0.3 is 5.69 Å². The van der Waals surface area contributed by atoms with Gasteiger partial charge in [0, 0.05) is 7.05 Å². The lowest BCUT2D eigenvalue weighted by atomic mass is 10.2. The monoisotopic (exact) mass is 356 g/mol. The van der Waals surface area contributed by atoms with Gasteiger partial charge in [-0.25, -0.2) is 4.79 Å². The summed E-state index contributed by atoms with van der Waals surface area (Å²) in [5, 5.41) is 10.3. The number of aliphatic hydroxyl groups excluding tert-OH is 1. The molecule has 1 N–H and O–H groups in total. The number of rotatable bonds is 6. The Balaban J connectivity index is 1.38. The number of para-hydroxylation sites is 2. The summed E-state index contributed by atoms with van der Waals surface area (Å²) in [7, 11) is 1.73. The second kappa shape index (κ2) is 6.86. The molecule has 4 rings (SSSR count). The minimum Gasteiger partial charge on any atom is -0.454 e. The van der Waals surface area contributed by atoms with Crippen molar-refractivity contribution < 1.29 is 19.3 Å². The van der Waals surface area contributed by atoms with Gasteiger partial charge in [-0.05, 0) is 29.8 Å². The molecule has 136 valence electrons. The molecular formula is C19H20N2O5. The molecule has 1 aliphatic rings. The third-order valence-corrected chi connectivity index (χ3v) is 4.46. The van der Waals surface area contributed by atoms with Gasteiger partial charge in [0.25, 0.3) is 0 Å². The Labute approximate surface area is 149 Å². The van der Waals surface area contributed by atoms with Crippen molar-refractivity contribution in [3.63, 3.8) is 0 Å². The van der Waals surface area contributed by atoms with Gasteiger partial charge in [0.1, 0.15) is 0 Å². The van der Waals surface area contributed by atoms with Crippen LogP contribution >= 0.6 is 0 Å². The molecule has 26 heavy (non-hydrogen) atoms. The molecule has 0 amide bonds. The molecule has 1 atom stereocenters. The molecule has 2 aromatic carbocycles. The second-order valence-electron chi connectivity index (χ2n) is 6.30. The van der Waals surface area contributed by atoms with E-state index in [0.29, 0.717) is 12.4 Å². The summed E-state index contributed by atoms with van der Waals surface area (Å²) in [5.74, 6) is 1.43. The molecule has 0 bridgehead atoms. The first-order chi connectivity index (χ1) is 12.6. The fourth-order valence-corrected chi connectivity index (χ4v) is 3.15. The van der Waals surface area contributed by atoms with Crippen molar-refractivity contribution in [3.8, 4) is 11.5 Å². The van der Waals surface area contributed by atoms with Crippen molar-refractivity contribution in [3.05, 3.63) is 58.5 Å². The molecule has 1 aliphatic heterocycles. The molecule has 2 heterocycles. The molecule has 3 aromatic rings. The third-order valence-electron chi connectivity index (χ3n) is 4.46. The van der Waals surface area contributed by atoms with Gasteiger partial charge in [-0.1, -0.05) is 18.2 Å². The molecule has 0 unspecified atom stereocenters. The summed E-state index contributed by atoms with van der Waals surface area (Å²) in [6.45, 7) is 0.891. The average molecular weight is 356 g/mol. The number of aryl methyl sites for hydroxylation is 1. The number of hydrogen-bond acceptors (Lipinski definition) is 5. The Hall–Kier alpha value is -2.77. The van der Waals surface area contributed by atoms with Crippen LogP contribution in [0.1, 0.15) is 5.56 Å². The van der Waals surface area contributed by atoms with E-state index in [1.807, 2.05) is 42.5 Å². The number of hydrogen-bond donors (Lipinski definition) is 1. The summed E-state index contributed by atoms with van der Waals surface area (Å²) in [4.78, 5) is 12.4. The van der Waals surface area contributed by atoms with Crippen LogP contribution in [0.5, 0.6) is 11.5 Å². The standard InChI is InChI=1S/C19H20N2O5/c1-20-15-4-2-3-5-16(15)21(19(20)23)9-14(22)11-24-10-13-6-7-17-18(8-13)26-12-25-17/h2-8,14,22H,9-12H2,1H3/t14-/m0/s1. The van der Waals surface area contributed by atoms with Crippen LogP contribution in [0.2, 0.25) is 0 Å². The molecule has 0 saturated carbocycles. The lowest BCUT2D eigenvalue weighted by Gasteiger charge is -2.12. The van der Waals surface area contributed by atoms with E-state index in [1.165, 1.54) is 0 Å². The van der Waals surface area contributed by atoms with Gasteiger partial charge in [0.15, 0.2) is 11.5 Å². The highest BCUT2D eigenvalue weighted by atomic mass is 16.7. The van der Waals surface area contributed by atoms with E-state index in [4.69, 9.17) is 14.2 Å². The van der Waals surface area contributed by atoms with E-state index in [9.17, 15) is 9.90 Å². The van der Waals surface area contributed by atoms with Crippen LogP contribution in [0.25, 0.3) is 11.0 Å². The summed E-state index contributed by atoms with van der Waals surface area (Å²) < 4.78 is 19.4. The summed E-state index contributed by atoms with van der Waals surface area (Å²) in [6, 6.07) is 13.1. The fraction of sp³-hybridized carbons (Fsp3) is 0.316. The second-order valence-corrected chi connectivity index (χ2v) is 6.30. The topological polar surface area (TPSA) is 74.9 Å². The van der Waals surface area contributed by atoms with E-state index >= 15 is 0 Å². The van der Waals surface area contributed by atoms with Gasteiger partial charge < -0.3 is 19.3 Å². The van der Waals surface area contributed by atoms with Crippen LogP contribution in [-0.4, -0.2) is 33.7 Å². The van der Waals surface area contributed by atoms with E-state index in [-0.39, 0.29) is 25.6 Å². The largest absolute Gasteiger partial charge is 0.454 e. The van der Waals surface area contributed by atoms with Crippen molar-refractivity contribution in [2.75, 3.05) is 13.4 Å². The fourth-order valence-electron chi connectivity index (χ4n) is 3.15. The SMILES string of the molecule is Cn1c(=O)n(C[C@H](O)COCc2ccc3c(c2)OCO3)c2ccccc21. The normalized spacial score (nSPS) is 14.1. The molecular weight excluding hydrogens is 336 g/mol. The third kappa shape index (κ3) is 3.07. The molecule has 0 fully saturated rings. The number of nitrogens with zero attached hydrogens (tertiary/aromatic N) is 2. The van der Waals surface area contributed by atoms with Crippen LogP contribution in [0.3, 0.4) is 0 Å². The van der Waals surface area contributed by atoms with Crippen LogP contribution in [0, 0.1) is 0 Å². The predicted molar refractivity (Wildman–Crippen MR) is 95.4 cm³/mol. The first-order valence-corrected chi connectivity index (χ1v) is 8.42. The van der Waals surface area contributed by atoms with Crippen molar-refractivity contribution in [2.45, 2.75) is 19.3 Å². The van der Waals surface area contributed by atoms with E-state index < -0.39 is 6.10 Å². The summed E-state index contributed by atoms with van der Waals surface area (Å²) in [6.07, 6.45) is -0.785. The Bertz CT molecular complexity index is 991. The van der Waals surface area contributed by atoms with Gasteiger partial charge in [-0.2, -0.15) is 0 Å². The highest BCUT2D eigenvalue weighted by molar-refractivity contribution is 5.75. The maximum Gasteiger partial charge on any atom is 0.328 e. The van der Waals surface area contributed by atoms with E-state index in [2.05, 4.69) is 0 Å². The number of aromatic nitrogens is 2. The Kier molecular flexibility index (Phi) is 4.40. The molecule has 7 heteroatoms. The van der Waals surface area contributed by atoms with Gasteiger partial charge in [-0.15, -0.1) is 0 Å². The van der Waals surface area contributed by atoms with Crippen molar-refractivity contribution in [2.24, 2.45) is 7.05 Å². The lowest BCUT2D eigenvalue weighted by Crippen LogP contribution is -2.29. The van der Waals surface area contributed by atoms with Crippen LogP contribution in [0.4, 0.5) is 0 Å². The highest BCUT2D eigenvalue weighted by Crippen LogP contribution is 2.32. The van der Waals surface area contributed by atoms with Crippen molar-refractivity contribution in [1.82, 2.24) is 9.13 Å². The number of ether oxygens (including phenoxy) is 3. The van der Waals surface area contributed by atoms with Gasteiger partial charge in [0.2, 0.25) is 6.79 Å². The lowest BCUT2D eigenvalue weighted by molar-refractivity contribution is 0.0204. The average Bonchev–Trinajstić information content (AvgIpc) is 3.21. The summed E-state index contributed by atoms with van der Waals surface area (Å²) in [5.41, 5.74) is 2.42. The van der Waals surface area contributed by atoms with Gasteiger partial charge in [0.05, 0.1) is 36.9 Å². The first-order valence-electron chi connectivity index (χ1n) is 8.42. The zero-order valence-corrected chi connectivity index (χ0v) is 14.4. The molecule has 1 aromatic heterocycles. The Morgan fingerprint density at radius 2 is 1.92 bits per heavy atom. The highest BCUT2D eigenvalue weighted by Gasteiger charge is 2.15. The van der Waals surface area contributed by atoms with Crippen LogP contribution in [-0.2, 0) is 24.9 Å². The molecule has 0 saturated heterocycles. The van der Waals surface area contributed by atoms with Crippen molar-refractivity contribution >= 4 is 11.0 Å². The smallest absolute Gasteiger partial charge is 0.328 e. The maximum absolute atomic E-state index is 12.4. The zero-order valence-electron chi connectivity index (χ0n) is 14.4. The predicted octanol–water partition coefficient (Wildman–Crippen LogP) is 1.65. The van der Waals surface area contributed by atoms with E-state index in [0.717, 1.165) is 22.3 Å². The molecule has 0 aliphatic carbocycles. The maximum atomic E-state index is 12.4. The number of benzene rings is 2. The first kappa shape index (κ1) is 16.7. The molecule has 7 nitrogen and oxygen atoms in total. The Morgan fingerprint density at radius 3 is 2.77 bits per heavy atom. The quantitative estimate of drug-likeness (QED) is 0.727. The number of aliphatic hydroxyl groups is 1. The van der Waals surface area contributed by atoms with Crippen LogP contribution < -0.4 is 15.2 Å². The molecule has 0 radical (unpaired) electrons.